The predicted octanol–water partition coefficient (Wildman–Crippen LogP) is 4.90. The number of benzene rings is 3. The summed E-state index contributed by atoms with van der Waals surface area (Å²) >= 11 is 0. The van der Waals surface area contributed by atoms with Crippen LogP contribution in [0, 0.1) is 6.92 Å². The van der Waals surface area contributed by atoms with Crippen molar-refractivity contribution < 1.29 is 14.3 Å². The number of anilines is 1. The van der Waals surface area contributed by atoms with Gasteiger partial charge in [0.25, 0.3) is 5.91 Å². The van der Waals surface area contributed by atoms with Gasteiger partial charge in [-0.05, 0) is 50.2 Å². The van der Waals surface area contributed by atoms with Crippen molar-refractivity contribution in [3.63, 3.8) is 0 Å². The molecule has 4 heteroatoms. The zero-order valence-corrected chi connectivity index (χ0v) is 15.3. The monoisotopic (exact) mass is 359 g/mol. The molecule has 1 amide bonds. The Kier molecular flexibility index (Phi) is 5.67. The first-order valence-electron chi connectivity index (χ1n) is 8.77. The molecule has 3 rings (SSSR count). The molecule has 3 aromatic rings. The lowest BCUT2D eigenvalue weighted by Gasteiger charge is -2.14. The van der Waals surface area contributed by atoms with E-state index in [9.17, 15) is 9.59 Å². The Hall–Kier alpha value is -3.40. The lowest BCUT2D eigenvalue weighted by atomic mass is 10.1. The number of aryl methyl sites for hydroxylation is 1. The van der Waals surface area contributed by atoms with Crippen LogP contribution in [0.3, 0.4) is 0 Å². The number of amides is 1. The van der Waals surface area contributed by atoms with E-state index < -0.39 is 6.10 Å². The highest BCUT2D eigenvalue weighted by atomic mass is 16.5. The topological polar surface area (TPSA) is 55.4 Å². The fourth-order valence-electron chi connectivity index (χ4n) is 2.62. The van der Waals surface area contributed by atoms with Gasteiger partial charge < -0.3 is 10.1 Å². The standard InChI is InChI=1S/C23H21NO3/c1-16-8-10-18(11-9-16)22(25)17(2)27-21-14-12-20(13-15-21)24-23(26)19-6-4-3-5-7-19/h3-15,17H,1-2H3,(H,24,26)/t17-/m1/s1. The average Bonchev–Trinajstić information content (AvgIpc) is 2.70. The molecule has 0 saturated heterocycles. The van der Waals surface area contributed by atoms with Crippen molar-refractivity contribution in [2.75, 3.05) is 5.32 Å². The number of nitrogens with one attached hydrogen (secondary N) is 1. The van der Waals surface area contributed by atoms with Crippen LogP contribution in [0.4, 0.5) is 5.69 Å². The minimum atomic E-state index is -0.600. The summed E-state index contributed by atoms with van der Waals surface area (Å²) in [6.07, 6.45) is -0.600. The second kappa shape index (κ2) is 8.32. The Bertz CT molecular complexity index is 916. The highest BCUT2D eigenvalue weighted by molar-refractivity contribution is 6.04. The smallest absolute Gasteiger partial charge is 0.255 e. The van der Waals surface area contributed by atoms with Crippen LogP contribution < -0.4 is 10.1 Å². The van der Waals surface area contributed by atoms with Gasteiger partial charge in [0.2, 0.25) is 5.78 Å². The highest BCUT2D eigenvalue weighted by Gasteiger charge is 2.16. The van der Waals surface area contributed by atoms with Crippen LogP contribution >= 0.6 is 0 Å². The van der Waals surface area contributed by atoms with E-state index in [1.807, 2.05) is 37.3 Å². The Morgan fingerprint density at radius 3 is 2.07 bits per heavy atom. The molecule has 0 heterocycles. The number of ketones is 1. The Labute approximate surface area is 158 Å². The zero-order valence-electron chi connectivity index (χ0n) is 15.3. The molecule has 0 aliphatic rings. The fourth-order valence-corrected chi connectivity index (χ4v) is 2.62. The van der Waals surface area contributed by atoms with E-state index >= 15 is 0 Å². The number of carbonyl (C=O) groups is 2. The molecule has 4 nitrogen and oxygen atoms in total. The number of ether oxygens (including phenoxy) is 1. The van der Waals surface area contributed by atoms with E-state index in [1.165, 1.54) is 0 Å². The molecule has 1 atom stereocenters. The van der Waals surface area contributed by atoms with Crippen LogP contribution in [0.25, 0.3) is 0 Å². The summed E-state index contributed by atoms with van der Waals surface area (Å²) in [5.74, 6) is 0.323. The van der Waals surface area contributed by atoms with E-state index in [4.69, 9.17) is 4.74 Å². The van der Waals surface area contributed by atoms with Gasteiger partial charge in [-0.1, -0.05) is 48.0 Å². The van der Waals surface area contributed by atoms with Crippen molar-refractivity contribution in [2.24, 2.45) is 0 Å². The molecule has 1 N–H and O–H groups in total. The number of carbonyl (C=O) groups excluding carboxylic acids is 2. The summed E-state index contributed by atoms with van der Waals surface area (Å²) in [6.45, 7) is 3.71. The third-order valence-corrected chi connectivity index (χ3v) is 4.17. The second-order valence-corrected chi connectivity index (χ2v) is 6.33. The molecule has 0 bridgehead atoms. The SMILES string of the molecule is Cc1ccc(C(=O)[C@@H](C)Oc2ccc(NC(=O)c3ccccc3)cc2)cc1. The lowest BCUT2D eigenvalue weighted by molar-refractivity contribution is 0.0818. The molecule has 0 spiro atoms. The largest absolute Gasteiger partial charge is 0.483 e. The minimum absolute atomic E-state index is 0.0727. The van der Waals surface area contributed by atoms with Crippen molar-refractivity contribution in [1.82, 2.24) is 0 Å². The molecule has 0 unspecified atom stereocenters. The van der Waals surface area contributed by atoms with Gasteiger partial charge in [0.1, 0.15) is 5.75 Å². The predicted molar refractivity (Wildman–Crippen MR) is 106 cm³/mol. The summed E-state index contributed by atoms with van der Waals surface area (Å²) in [5.41, 5.74) is 2.98. The van der Waals surface area contributed by atoms with Crippen LogP contribution in [-0.4, -0.2) is 17.8 Å². The number of hydrogen-bond acceptors (Lipinski definition) is 3. The van der Waals surface area contributed by atoms with Gasteiger partial charge in [-0.25, -0.2) is 0 Å². The van der Waals surface area contributed by atoms with Crippen molar-refractivity contribution >= 4 is 17.4 Å². The van der Waals surface area contributed by atoms with E-state index in [1.54, 1.807) is 55.5 Å². The maximum atomic E-state index is 12.4. The number of rotatable bonds is 6. The van der Waals surface area contributed by atoms with Crippen LogP contribution in [0.15, 0.2) is 78.9 Å². The Morgan fingerprint density at radius 2 is 1.44 bits per heavy atom. The Morgan fingerprint density at radius 1 is 0.815 bits per heavy atom. The molecule has 136 valence electrons. The van der Waals surface area contributed by atoms with Gasteiger partial charge in [0.15, 0.2) is 6.10 Å². The molecule has 0 aliphatic carbocycles. The van der Waals surface area contributed by atoms with Crippen molar-refractivity contribution in [1.29, 1.82) is 0 Å². The molecule has 0 aliphatic heterocycles. The third kappa shape index (κ3) is 4.82. The maximum Gasteiger partial charge on any atom is 0.255 e. The molecular formula is C23H21NO3. The van der Waals surface area contributed by atoms with Gasteiger partial charge in [0.05, 0.1) is 0 Å². The molecule has 0 aromatic heterocycles. The quantitative estimate of drug-likeness (QED) is 0.637. The molecule has 3 aromatic carbocycles. The van der Waals surface area contributed by atoms with Gasteiger partial charge in [-0.3, -0.25) is 9.59 Å². The summed E-state index contributed by atoms with van der Waals surface area (Å²) < 4.78 is 5.74. The third-order valence-electron chi connectivity index (χ3n) is 4.17. The molecule has 0 fully saturated rings. The van der Waals surface area contributed by atoms with Gasteiger partial charge in [-0.2, -0.15) is 0 Å². The summed E-state index contributed by atoms with van der Waals surface area (Å²) in [7, 11) is 0. The first-order valence-corrected chi connectivity index (χ1v) is 8.77. The maximum absolute atomic E-state index is 12.4. The Balaban J connectivity index is 1.61. The van der Waals surface area contributed by atoms with Crippen molar-refractivity contribution in [3.8, 4) is 5.75 Å². The van der Waals surface area contributed by atoms with Crippen LogP contribution in [0.5, 0.6) is 5.75 Å². The summed E-state index contributed by atoms with van der Waals surface area (Å²) in [4.78, 5) is 24.6. The number of hydrogen-bond donors (Lipinski definition) is 1. The molecule has 0 radical (unpaired) electrons. The molecule has 0 saturated carbocycles. The fraction of sp³-hybridized carbons (Fsp3) is 0.130. The van der Waals surface area contributed by atoms with Gasteiger partial charge in [0, 0.05) is 16.8 Å². The van der Waals surface area contributed by atoms with E-state index in [2.05, 4.69) is 5.32 Å². The van der Waals surface area contributed by atoms with Crippen molar-refractivity contribution in [2.45, 2.75) is 20.0 Å². The van der Waals surface area contributed by atoms with E-state index in [0.717, 1.165) is 5.56 Å². The lowest BCUT2D eigenvalue weighted by Crippen LogP contribution is -2.23. The molecule has 27 heavy (non-hydrogen) atoms. The van der Waals surface area contributed by atoms with Crippen LogP contribution in [-0.2, 0) is 0 Å². The van der Waals surface area contributed by atoms with Crippen LogP contribution in [0.2, 0.25) is 0 Å². The summed E-state index contributed by atoms with van der Waals surface area (Å²) in [6, 6.07) is 23.4. The second-order valence-electron chi connectivity index (χ2n) is 6.33. The highest BCUT2D eigenvalue weighted by Crippen LogP contribution is 2.19. The average molecular weight is 359 g/mol. The normalized spacial score (nSPS) is 11.5. The van der Waals surface area contributed by atoms with Crippen molar-refractivity contribution in [3.05, 3.63) is 95.6 Å². The molecular weight excluding hydrogens is 338 g/mol. The first-order chi connectivity index (χ1) is 13.0. The van der Waals surface area contributed by atoms with Gasteiger partial charge in [-0.15, -0.1) is 0 Å². The zero-order chi connectivity index (χ0) is 19.2. The number of Topliss-reactive ketones (excluding diaryl/α,β-unsaturated/α-hetero) is 1. The summed E-state index contributed by atoms with van der Waals surface area (Å²) in [5, 5.41) is 2.83. The minimum Gasteiger partial charge on any atom is -0.483 e. The van der Waals surface area contributed by atoms with E-state index in [-0.39, 0.29) is 11.7 Å². The van der Waals surface area contributed by atoms with E-state index in [0.29, 0.717) is 22.6 Å². The van der Waals surface area contributed by atoms with Gasteiger partial charge >= 0.3 is 0 Å². The van der Waals surface area contributed by atoms with Crippen LogP contribution in [0.1, 0.15) is 33.2 Å². The first kappa shape index (κ1) is 18.4.